The first kappa shape index (κ1) is 20.7. The largest absolute Gasteiger partial charge is 0.454 e. The number of amides is 1. The fourth-order valence-electron chi connectivity index (χ4n) is 5.12. The van der Waals surface area contributed by atoms with E-state index in [1.54, 1.807) is 0 Å². The fraction of sp³-hybridized carbons (Fsp3) is 0.480. The number of nitrogens with one attached hydrogen (secondary N) is 1. The number of ether oxygens (including phenoxy) is 2. The molecule has 2 heterocycles. The van der Waals surface area contributed by atoms with E-state index in [1.807, 2.05) is 30.3 Å². The standard InChI is InChI=1S/C25H29ClN2O3/c26-20-5-3-19(4-6-20)25(10-1-11-25)16-28-12-8-21(9-13-28)27-24(29)15-18-2-7-22-23(14-18)31-17-30-22/h2-7,14,21H,1,8-13,15-17H2,(H,27,29). The fourth-order valence-corrected chi connectivity index (χ4v) is 5.25. The van der Waals surface area contributed by atoms with Crippen LogP contribution in [0.25, 0.3) is 0 Å². The van der Waals surface area contributed by atoms with Crippen molar-refractivity contribution >= 4 is 17.5 Å². The summed E-state index contributed by atoms with van der Waals surface area (Å²) < 4.78 is 10.7. The Bertz CT molecular complexity index is 934. The van der Waals surface area contributed by atoms with E-state index in [4.69, 9.17) is 21.1 Å². The average Bonchev–Trinajstić information content (AvgIpc) is 3.20. The van der Waals surface area contributed by atoms with Crippen LogP contribution < -0.4 is 14.8 Å². The van der Waals surface area contributed by atoms with Crippen LogP contribution >= 0.6 is 11.6 Å². The van der Waals surface area contributed by atoms with E-state index < -0.39 is 0 Å². The number of benzene rings is 2. The Morgan fingerprint density at radius 2 is 1.81 bits per heavy atom. The van der Waals surface area contributed by atoms with Crippen molar-refractivity contribution in [2.45, 2.75) is 50.0 Å². The first-order valence-corrected chi connectivity index (χ1v) is 11.6. The smallest absolute Gasteiger partial charge is 0.231 e. The number of nitrogens with zero attached hydrogens (tertiary/aromatic N) is 1. The zero-order valence-electron chi connectivity index (χ0n) is 17.7. The van der Waals surface area contributed by atoms with Gasteiger partial charge in [0.05, 0.1) is 6.42 Å². The highest BCUT2D eigenvalue weighted by molar-refractivity contribution is 6.30. The molecule has 6 heteroatoms. The summed E-state index contributed by atoms with van der Waals surface area (Å²) in [4.78, 5) is 15.1. The predicted molar refractivity (Wildman–Crippen MR) is 121 cm³/mol. The van der Waals surface area contributed by atoms with Crippen LogP contribution in [0.15, 0.2) is 42.5 Å². The molecule has 1 saturated heterocycles. The van der Waals surface area contributed by atoms with Gasteiger partial charge in [-0.3, -0.25) is 4.79 Å². The van der Waals surface area contributed by atoms with Crippen LogP contribution in [-0.2, 0) is 16.6 Å². The van der Waals surface area contributed by atoms with Gasteiger partial charge in [-0.2, -0.15) is 0 Å². The van der Waals surface area contributed by atoms with Crippen molar-refractivity contribution in [2.75, 3.05) is 26.4 Å². The molecule has 2 aromatic carbocycles. The van der Waals surface area contributed by atoms with Crippen LogP contribution in [0.4, 0.5) is 0 Å². The molecule has 1 amide bonds. The second-order valence-corrected chi connectivity index (χ2v) is 9.56. The molecule has 1 aliphatic carbocycles. The zero-order chi connectivity index (χ0) is 21.3. The first-order valence-electron chi connectivity index (χ1n) is 11.3. The Kier molecular flexibility index (Phi) is 5.81. The third-order valence-electron chi connectivity index (χ3n) is 7.05. The van der Waals surface area contributed by atoms with Crippen molar-refractivity contribution in [3.8, 4) is 11.5 Å². The van der Waals surface area contributed by atoms with Crippen molar-refractivity contribution in [3.05, 3.63) is 58.6 Å². The molecule has 164 valence electrons. The Morgan fingerprint density at radius 1 is 1.06 bits per heavy atom. The maximum atomic E-state index is 12.6. The molecular formula is C25H29ClN2O3. The lowest BCUT2D eigenvalue weighted by Crippen LogP contribution is -2.51. The molecular weight excluding hydrogens is 412 g/mol. The van der Waals surface area contributed by atoms with Crippen molar-refractivity contribution < 1.29 is 14.3 Å². The third kappa shape index (κ3) is 4.53. The number of carbonyl (C=O) groups is 1. The van der Waals surface area contributed by atoms with Crippen molar-refractivity contribution in [2.24, 2.45) is 0 Å². The Morgan fingerprint density at radius 3 is 2.52 bits per heavy atom. The molecule has 3 aliphatic rings. The summed E-state index contributed by atoms with van der Waals surface area (Å²) in [6.07, 6.45) is 6.18. The van der Waals surface area contributed by atoms with Crippen molar-refractivity contribution in [1.82, 2.24) is 10.2 Å². The number of halogens is 1. The van der Waals surface area contributed by atoms with Crippen LogP contribution in [0.1, 0.15) is 43.2 Å². The minimum absolute atomic E-state index is 0.0777. The molecule has 0 unspecified atom stereocenters. The lowest BCUT2D eigenvalue weighted by atomic mass is 9.64. The van der Waals surface area contributed by atoms with E-state index in [1.165, 1.54) is 24.8 Å². The Balaban J connectivity index is 1.11. The average molecular weight is 441 g/mol. The van der Waals surface area contributed by atoms with Gasteiger partial charge in [0.2, 0.25) is 12.7 Å². The molecule has 31 heavy (non-hydrogen) atoms. The van der Waals surface area contributed by atoms with Gasteiger partial charge in [0.25, 0.3) is 0 Å². The van der Waals surface area contributed by atoms with Gasteiger partial charge in [0, 0.05) is 36.1 Å². The molecule has 0 atom stereocenters. The van der Waals surface area contributed by atoms with Gasteiger partial charge in [-0.25, -0.2) is 0 Å². The minimum Gasteiger partial charge on any atom is -0.454 e. The van der Waals surface area contributed by atoms with E-state index >= 15 is 0 Å². The van der Waals surface area contributed by atoms with Gasteiger partial charge in [-0.05, 0) is 61.1 Å². The molecule has 0 bridgehead atoms. The maximum Gasteiger partial charge on any atom is 0.231 e. The molecule has 0 spiro atoms. The van der Waals surface area contributed by atoms with Crippen LogP contribution in [0.2, 0.25) is 5.02 Å². The van der Waals surface area contributed by atoms with Gasteiger partial charge < -0.3 is 19.7 Å². The second kappa shape index (κ2) is 8.71. The highest BCUT2D eigenvalue weighted by Crippen LogP contribution is 2.45. The molecule has 2 aliphatic heterocycles. The molecule has 2 fully saturated rings. The van der Waals surface area contributed by atoms with Crippen LogP contribution in [0, 0.1) is 0 Å². The quantitative estimate of drug-likeness (QED) is 0.727. The predicted octanol–water partition coefficient (Wildman–Crippen LogP) is 4.31. The number of rotatable bonds is 6. The summed E-state index contributed by atoms with van der Waals surface area (Å²) in [6, 6.07) is 14.4. The van der Waals surface area contributed by atoms with Gasteiger partial charge in [0.1, 0.15) is 0 Å². The number of hydrogen-bond donors (Lipinski definition) is 1. The molecule has 0 radical (unpaired) electrons. The summed E-state index contributed by atoms with van der Waals surface area (Å²) in [5.74, 6) is 1.55. The lowest BCUT2D eigenvalue weighted by Gasteiger charge is -2.47. The van der Waals surface area contributed by atoms with Crippen LogP contribution in [0.3, 0.4) is 0 Å². The monoisotopic (exact) mass is 440 g/mol. The molecule has 0 aromatic heterocycles. The second-order valence-electron chi connectivity index (χ2n) is 9.12. The van der Waals surface area contributed by atoms with Crippen molar-refractivity contribution in [1.29, 1.82) is 0 Å². The van der Waals surface area contributed by atoms with Gasteiger partial charge in [-0.15, -0.1) is 0 Å². The highest BCUT2D eigenvalue weighted by atomic mass is 35.5. The zero-order valence-corrected chi connectivity index (χ0v) is 18.5. The van der Waals surface area contributed by atoms with E-state index in [2.05, 4.69) is 22.3 Å². The Labute approximate surface area is 188 Å². The number of carbonyl (C=O) groups excluding carboxylic acids is 1. The maximum absolute atomic E-state index is 12.6. The SMILES string of the molecule is O=C(Cc1ccc2c(c1)OCO2)NC1CCN(CC2(c3ccc(Cl)cc3)CCC2)CC1. The minimum atomic E-state index is 0.0777. The summed E-state index contributed by atoms with van der Waals surface area (Å²) in [5.41, 5.74) is 2.65. The summed E-state index contributed by atoms with van der Waals surface area (Å²) in [7, 11) is 0. The van der Waals surface area contributed by atoms with Gasteiger partial charge >= 0.3 is 0 Å². The van der Waals surface area contributed by atoms with Crippen molar-refractivity contribution in [3.63, 3.8) is 0 Å². The molecule has 5 nitrogen and oxygen atoms in total. The highest BCUT2D eigenvalue weighted by Gasteiger charge is 2.40. The first-order chi connectivity index (χ1) is 15.1. The van der Waals surface area contributed by atoms with Gasteiger partial charge in [-0.1, -0.05) is 36.2 Å². The van der Waals surface area contributed by atoms with Gasteiger partial charge in [0.15, 0.2) is 11.5 Å². The summed E-state index contributed by atoms with van der Waals surface area (Å²) in [6.45, 7) is 3.42. The topological polar surface area (TPSA) is 50.8 Å². The normalized spacial score (nSPS) is 20.3. The Hall–Kier alpha value is -2.24. The third-order valence-corrected chi connectivity index (χ3v) is 7.30. The number of piperidine rings is 1. The molecule has 1 N–H and O–H groups in total. The molecule has 1 saturated carbocycles. The number of hydrogen-bond acceptors (Lipinski definition) is 4. The van der Waals surface area contributed by atoms with E-state index in [9.17, 15) is 4.79 Å². The lowest BCUT2D eigenvalue weighted by molar-refractivity contribution is -0.121. The summed E-state index contributed by atoms with van der Waals surface area (Å²) in [5, 5.41) is 4.03. The molecule has 5 rings (SSSR count). The number of likely N-dealkylation sites (tertiary alicyclic amines) is 1. The number of fused-ring (bicyclic) bond motifs is 1. The van der Waals surface area contributed by atoms with E-state index in [0.717, 1.165) is 54.6 Å². The summed E-state index contributed by atoms with van der Waals surface area (Å²) >= 11 is 6.09. The van der Waals surface area contributed by atoms with E-state index in [-0.39, 0.29) is 24.2 Å². The molecule has 2 aromatic rings. The van der Waals surface area contributed by atoms with Crippen LogP contribution in [0.5, 0.6) is 11.5 Å². The van der Waals surface area contributed by atoms with Crippen LogP contribution in [-0.4, -0.2) is 43.3 Å². The van der Waals surface area contributed by atoms with E-state index in [0.29, 0.717) is 6.42 Å².